The SMILES string of the molecule is C=CC=C(C)CN. The van der Waals surface area contributed by atoms with Gasteiger partial charge in [0.15, 0.2) is 0 Å². The third-order valence-corrected chi connectivity index (χ3v) is 0.724. The standard InChI is InChI=1S/C6H11N/c1-3-4-6(2)5-7/h3-4H,1,5,7H2,2H3. The van der Waals surface area contributed by atoms with Gasteiger partial charge in [0.25, 0.3) is 0 Å². The van der Waals surface area contributed by atoms with Gasteiger partial charge in [0.05, 0.1) is 0 Å². The first kappa shape index (κ1) is 6.44. The molecular formula is C6H11N. The Kier molecular flexibility index (Phi) is 3.33. The highest BCUT2D eigenvalue weighted by Crippen LogP contribution is 1.85. The van der Waals surface area contributed by atoms with Crippen LogP contribution in [-0.2, 0) is 0 Å². The van der Waals surface area contributed by atoms with Crippen molar-refractivity contribution >= 4 is 0 Å². The van der Waals surface area contributed by atoms with Crippen molar-refractivity contribution in [2.45, 2.75) is 6.92 Å². The largest absolute Gasteiger partial charge is 0.327 e. The molecule has 0 bridgehead atoms. The van der Waals surface area contributed by atoms with E-state index < -0.39 is 0 Å². The highest BCUT2D eigenvalue weighted by atomic mass is 14.5. The van der Waals surface area contributed by atoms with Crippen molar-refractivity contribution in [2.75, 3.05) is 6.54 Å². The average Bonchev–Trinajstić information content (AvgIpc) is 1.68. The number of hydrogen-bond acceptors (Lipinski definition) is 1. The third kappa shape index (κ3) is 3.27. The van der Waals surface area contributed by atoms with Crippen LogP contribution in [-0.4, -0.2) is 6.54 Å². The van der Waals surface area contributed by atoms with E-state index in [1.165, 1.54) is 0 Å². The van der Waals surface area contributed by atoms with E-state index in [9.17, 15) is 0 Å². The van der Waals surface area contributed by atoms with Gasteiger partial charge in [-0.1, -0.05) is 24.3 Å². The zero-order valence-corrected chi connectivity index (χ0v) is 4.65. The molecule has 1 nitrogen and oxygen atoms in total. The van der Waals surface area contributed by atoms with Gasteiger partial charge in [0.2, 0.25) is 0 Å². The first-order chi connectivity index (χ1) is 3.31. The molecule has 7 heavy (non-hydrogen) atoms. The van der Waals surface area contributed by atoms with Crippen molar-refractivity contribution in [3.63, 3.8) is 0 Å². The molecule has 0 aromatic rings. The first-order valence-corrected chi connectivity index (χ1v) is 2.29. The summed E-state index contributed by atoms with van der Waals surface area (Å²) in [6, 6.07) is 0. The van der Waals surface area contributed by atoms with Crippen LogP contribution >= 0.6 is 0 Å². The van der Waals surface area contributed by atoms with Gasteiger partial charge in [0.1, 0.15) is 0 Å². The van der Waals surface area contributed by atoms with Gasteiger partial charge in [-0.15, -0.1) is 0 Å². The van der Waals surface area contributed by atoms with Crippen molar-refractivity contribution in [2.24, 2.45) is 5.73 Å². The predicted octanol–water partition coefficient (Wildman–Crippen LogP) is 1.08. The van der Waals surface area contributed by atoms with Crippen molar-refractivity contribution in [3.05, 3.63) is 24.3 Å². The molecular weight excluding hydrogens is 86.1 g/mol. The lowest BCUT2D eigenvalue weighted by molar-refractivity contribution is 1.14. The molecule has 2 N–H and O–H groups in total. The molecule has 0 fully saturated rings. The minimum absolute atomic E-state index is 0.631. The summed E-state index contributed by atoms with van der Waals surface area (Å²) in [5.41, 5.74) is 6.40. The smallest absolute Gasteiger partial charge is 0.0137 e. The van der Waals surface area contributed by atoms with E-state index in [1.54, 1.807) is 6.08 Å². The van der Waals surface area contributed by atoms with Crippen LogP contribution in [0.15, 0.2) is 24.3 Å². The Morgan fingerprint density at radius 3 is 2.57 bits per heavy atom. The molecule has 1 heteroatoms. The minimum atomic E-state index is 0.631. The van der Waals surface area contributed by atoms with Gasteiger partial charge >= 0.3 is 0 Å². The Hall–Kier alpha value is -0.560. The van der Waals surface area contributed by atoms with E-state index in [0.717, 1.165) is 5.57 Å². The molecule has 0 atom stereocenters. The van der Waals surface area contributed by atoms with Crippen molar-refractivity contribution < 1.29 is 0 Å². The maximum absolute atomic E-state index is 5.24. The lowest BCUT2D eigenvalue weighted by Crippen LogP contribution is -1.98. The Bertz CT molecular complexity index is 82.2. The lowest BCUT2D eigenvalue weighted by atomic mass is 10.3. The second-order valence-electron chi connectivity index (χ2n) is 1.45. The zero-order chi connectivity index (χ0) is 5.70. The second-order valence-corrected chi connectivity index (χ2v) is 1.45. The van der Waals surface area contributed by atoms with Crippen molar-refractivity contribution in [1.82, 2.24) is 0 Å². The van der Waals surface area contributed by atoms with Crippen LogP contribution in [0, 0.1) is 0 Å². The van der Waals surface area contributed by atoms with E-state index in [0.29, 0.717) is 6.54 Å². The summed E-state index contributed by atoms with van der Waals surface area (Å²) in [7, 11) is 0. The quantitative estimate of drug-likeness (QED) is 0.512. The normalized spacial score (nSPS) is 11.4. The molecule has 0 saturated heterocycles. The number of hydrogen-bond donors (Lipinski definition) is 1. The van der Waals surface area contributed by atoms with E-state index in [-0.39, 0.29) is 0 Å². The van der Waals surface area contributed by atoms with Crippen LogP contribution < -0.4 is 5.73 Å². The van der Waals surface area contributed by atoms with Crippen LogP contribution in [0.2, 0.25) is 0 Å². The van der Waals surface area contributed by atoms with Gasteiger partial charge in [-0.25, -0.2) is 0 Å². The minimum Gasteiger partial charge on any atom is -0.327 e. The van der Waals surface area contributed by atoms with Gasteiger partial charge in [-0.2, -0.15) is 0 Å². The maximum atomic E-state index is 5.24. The fourth-order valence-corrected chi connectivity index (χ4v) is 0.269. The molecule has 0 heterocycles. The summed E-state index contributed by atoms with van der Waals surface area (Å²) in [5.74, 6) is 0. The molecule has 0 aromatic heterocycles. The van der Waals surface area contributed by atoms with Gasteiger partial charge < -0.3 is 5.73 Å². The second kappa shape index (κ2) is 3.62. The number of nitrogens with two attached hydrogens (primary N) is 1. The molecule has 0 amide bonds. The highest BCUT2D eigenvalue weighted by molar-refractivity contribution is 5.08. The molecule has 0 unspecified atom stereocenters. The Balaban J connectivity index is 3.49. The van der Waals surface area contributed by atoms with Crippen LogP contribution in [0.25, 0.3) is 0 Å². The van der Waals surface area contributed by atoms with Gasteiger partial charge in [-0.05, 0) is 6.92 Å². The van der Waals surface area contributed by atoms with E-state index in [2.05, 4.69) is 6.58 Å². The molecule has 0 aromatic carbocycles. The molecule has 0 rings (SSSR count). The highest BCUT2D eigenvalue weighted by Gasteiger charge is 1.74. The first-order valence-electron chi connectivity index (χ1n) is 2.29. The maximum Gasteiger partial charge on any atom is 0.0137 e. The molecule has 40 valence electrons. The summed E-state index contributed by atoms with van der Waals surface area (Å²) in [5, 5.41) is 0. The predicted molar refractivity (Wildman–Crippen MR) is 33.0 cm³/mol. The summed E-state index contributed by atoms with van der Waals surface area (Å²) in [6.45, 7) is 6.12. The Morgan fingerprint density at radius 1 is 1.86 bits per heavy atom. The van der Waals surface area contributed by atoms with E-state index in [1.807, 2.05) is 13.0 Å². The van der Waals surface area contributed by atoms with Crippen LogP contribution in [0.1, 0.15) is 6.92 Å². The van der Waals surface area contributed by atoms with Crippen molar-refractivity contribution in [3.8, 4) is 0 Å². The van der Waals surface area contributed by atoms with Crippen LogP contribution in [0.5, 0.6) is 0 Å². The fraction of sp³-hybridized carbons (Fsp3) is 0.333. The third-order valence-electron chi connectivity index (χ3n) is 0.724. The van der Waals surface area contributed by atoms with Crippen LogP contribution in [0.3, 0.4) is 0 Å². The summed E-state index contributed by atoms with van der Waals surface area (Å²) < 4.78 is 0. The number of rotatable bonds is 2. The summed E-state index contributed by atoms with van der Waals surface area (Å²) in [4.78, 5) is 0. The number of allylic oxidation sites excluding steroid dienone is 2. The molecule has 0 aliphatic carbocycles. The topological polar surface area (TPSA) is 26.0 Å². The molecule has 0 aliphatic heterocycles. The zero-order valence-electron chi connectivity index (χ0n) is 4.65. The molecule has 0 aliphatic rings. The lowest BCUT2D eigenvalue weighted by Gasteiger charge is -1.86. The van der Waals surface area contributed by atoms with Gasteiger partial charge in [0, 0.05) is 6.54 Å². The molecule has 0 saturated carbocycles. The van der Waals surface area contributed by atoms with Gasteiger partial charge in [-0.3, -0.25) is 0 Å². The Labute approximate surface area is 44.5 Å². The summed E-state index contributed by atoms with van der Waals surface area (Å²) in [6.07, 6.45) is 3.64. The van der Waals surface area contributed by atoms with Crippen LogP contribution in [0.4, 0.5) is 0 Å². The molecule has 0 radical (unpaired) electrons. The van der Waals surface area contributed by atoms with Crippen molar-refractivity contribution in [1.29, 1.82) is 0 Å². The monoisotopic (exact) mass is 97.1 g/mol. The van der Waals surface area contributed by atoms with E-state index >= 15 is 0 Å². The average molecular weight is 97.2 g/mol. The Morgan fingerprint density at radius 2 is 2.43 bits per heavy atom. The summed E-state index contributed by atoms with van der Waals surface area (Å²) >= 11 is 0. The van der Waals surface area contributed by atoms with E-state index in [4.69, 9.17) is 5.73 Å². The fourth-order valence-electron chi connectivity index (χ4n) is 0.269. The molecule has 0 spiro atoms.